The summed E-state index contributed by atoms with van der Waals surface area (Å²) in [5.74, 6) is -0.0811. The number of nitrogens with one attached hydrogen (secondary N) is 1. The summed E-state index contributed by atoms with van der Waals surface area (Å²) >= 11 is 0. The minimum Gasteiger partial charge on any atom is -0.479 e. The Balaban J connectivity index is 2.08. The molecule has 0 saturated heterocycles. The molecule has 1 amide bonds. The molecule has 1 N–H and O–H groups in total. The molecule has 150 valence electrons. The van der Waals surface area contributed by atoms with Crippen LogP contribution >= 0.6 is 0 Å². The molecule has 0 heterocycles. The highest BCUT2D eigenvalue weighted by atomic mass is 16.6. The molecular formula is C23H29NO4. The number of hydrogen-bond donors (Lipinski definition) is 1. The lowest BCUT2D eigenvalue weighted by molar-refractivity contribution is -0.154. The van der Waals surface area contributed by atoms with E-state index in [2.05, 4.69) is 19.2 Å². The monoisotopic (exact) mass is 383 g/mol. The summed E-state index contributed by atoms with van der Waals surface area (Å²) < 4.78 is 10.7. The number of rotatable bonds is 8. The Kier molecular flexibility index (Phi) is 7.61. The van der Waals surface area contributed by atoms with Crippen LogP contribution in [0.25, 0.3) is 0 Å². The fourth-order valence-electron chi connectivity index (χ4n) is 2.85. The van der Waals surface area contributed by atoms with Gasteiger partial charge in [-0.1, -0.05) is 32.0 Å². The lowest BCUT2D eigenvalue weighted by atomic mass is 10.0. The van der Waals surface area contributed by atoms with Gasteiger partial charge in [-0.05, 0) is 69.0 Å². The van der Waals surface area contributed by atoms with Gasteiger partial charge in [0.1, 0.15) is 5.75 Å². The van der Waals surface area contributed by atoms with Crippen LogP contribution in [0.5, 0.6) is 5.75 Å². The number of benzene rings is 2. The van der Waals surface area contributed by atoms with Gasteiger partial charge >= 0.3 is 5.97 Å². The molecule has 2 aromatic carbocycles. The van der Waals surface area contributed by atoms with Crippen molar-refractivity contribution in [2.45, 2.75) is 59.7 Å². The topological polar surface area (TPSA) is 64.6 Å². The third kappa shape index (κ3) is 5.59. The van der Waals surface area contributed by atoms with Crippen LogP contribution < -0.4 is 10.1 Å². The Labute approximate surface area is 167 Å². The van der Waals surface area contributed by atoms with Gasteiger partial charge in [-0.25, -0.2) is 4.79 Å². The molecule has 5 nitrogen and oxygen atoms in total. The van der Waals surface area contributed by atoms with Gasteiger partial charge in [-0.3, -0.25) is 4.79 Å². The molecule has 0 bridgehead atoms. The fourth-order valence-corrected chi connectivity index (χ4v) is 2.85. The van der Waals surface area contributed by atoms with Crippen LogP contribution in [0.3, 0.4) is 0 Å². The maximum atomic E-state index is 12.7. The largest absolute Gasteiger partial charge is 0.479 e. The summed E-state index contributed by atoms with van der Waals surface area (Å²) in [6.45, 7) is 9.36. The minimum absolute atomic E-state index is 0.172. The molecule has 5 heteroatoms. The number of anilines is 1. The van der Waals surface area contributed by atoms with Gasteiger partial charge in [0, 0.05) is 11.3 Å². The maximum absolute atomic E-state index is 12.7. The van der Waals surface area contributed by atoms with Gasteiger partial charge in [0.05, 0.1) is 6.10 Å². The zero-order valence-electron chi connectivity index (χ0n) is 17.2. The Hall–Kier alpha value is -2.82. The van der Waals surface area contributed by atoms with Crippen LogP contribution in [0.15, 0.2) is 42.5 Å². The third-order valence-corrected chi connectivity index (χ3v) is 4.35. The molecule has 28 heavy (non-hydrogen) atoms. The van der Waals surface area contributed by atoms with Gasteiger partial charge < -0.3 is 14.8 Å². The first-order valence-corrected chi connectivity index (χ1v) is 9.75. The predicted molar refractivity (Wildman–Crippen MR) is 111 cm³/mol. The second-order valence-electron chi connectivity index (χ2n) is 6.88. The maximum Gasteiger partial charge on any atom is 0.347 e. The molecule has 0 fully saturated rings. The van der Waals surface area contributed by atoms with E-state index < -0.39 is 12.1 Å². The zero-order chi connectivity index (χ0) is 20.7. The van der Waals surface area contributed by atoms with Crippen molar-refractivity contribution in [3.63, 3.8) is 0 Å². The van der Waals surface area contributed by atoms with E-state index in [1.807, 2.05) is 18.2 Å². The van der Waals surface area contributed by atoms with E-state index in [0.29, 0.717) is 11.3 Å². The first-order chi connectivity index (χ1) is 13.3. The number of carbonyl (C=O) groups excluding carboxylic acids is 2. The zero-order valence-corrected chi connectivity index (χ0v) is 17.2. The molecule has 0 saturated carbocycles. The standard InChI is InChI=1S/C23H29NO4/c1-6-17-9-8-10-18(7-2)21(17)24-22(25)19-11-13-20(14-12-19)28-16(5)23(26)27-15(3)4/h8-16H,6-7H2,1-5H3,(H,24,25)/t16-/m1/s1. The van der Waals surface area contributed by atoms with Crippen molar-refractivity contribution in [1.82, 2.24) is 0 Å². The van der Waals surface area contributed by atoms with Crippen molar-refractivity contribution >= 4 is 17.6 Å². The molecule has 2 rings (SSSR count). The highest BCUT2D eigenvalue weighted by Crippen LogP contribution is 2.24. The van der Waals surface area contributed by atoms with Crippen molar-refractivity contribution in [3.05, 3.63) is 59.2 Å². The molecule has 0 aliphatic rings. The second-order valence-corrected chi connectivity index (χ2v) is 6.88. The lowest BCUT2D eigenvalue weighted by Gasteiger charge is -2.16. The fraction of sp³-hybridized carbons (Fsp3) is 0.391. The van der Waals surface area contributed by atoms with E-state index in [-0.39, 0.29) is 12.0 Å². The minimum atomic E-state index is -0.717. The average Bonchev–Trinajstić information content (AvgIpc) is 2.68. The van der Waals surface area contributed by atoms with Crippen LogP contribution in [0, 0.1) is 0 Å². The molecule has 0 spiro atoms. The molecule has 2 aromatic rings. The molecule has 0 aliphatic heterocycles. The van der Waals surface area contributed by atoms with Gasteiger partial charge in [-0.15, -0.1) is 0 Å². The van der Waals surface area contributed by atoms with Crippen LogP contribution in [0.4, 0.5) is 5.69 Å². The number of esters is 1. The first-order valence-electron chi connectivity index (χ1n) is 9.75. The third-order valence-electron chi connectivity index (χ3n) is 4.35. The average molecular weight is 383 g/mol. The number of hydrogen-bond acceptors (Lipinski definition) is 4. The summed E-state index contributed by atoms with van der Waals surface area (Å²) in [4.78, 5) is 24.5. The van der Waals surface area contributed by atoms with Crippen molar-refractivity contribution in [2.75, 3.05) is 5.32 Å². The van der Waals surface area contributed by atoms with Gasteiger partial charge in [-0.2, -0.15) is 0 Å². The normalized spacial score (nSPS) is 11.8. The molecule has 0 unspecified atom stereocenters. The number of aryl methyl sites for hydroxylation is 2. The summed E-state index contributed by atoms with van der Waals surface area (Å²) in [6.07, 6.45) is 0.788. The van der Waals surface area contributed by atoms with E-state index in [1.54, 1.807) is 45.0 Å². The van der Waals surface area contributed by atoms with E-state index >= 15 is 0 Å². The quantitative estimate of drug-likeness (QED) is 0.666. The molecule has 0 aliphatic carbocycles. The Morgan fingerprint density at radius 2 is 1.50 bits per heavy atom. The number of para-hydroxylation sites is 1. The summed E-state index contributed by atoms with van der Waals surface area (Å²) in [6, 6.07) is 12.8. The van der Waals surface area contributed by atoms with Crippen molar-refractivity contribution in [1.29, 1.82) is 0 Å². The van der Waals surface area contributed by atoms with Gasteiger partial charge in [0.25, 0.3) is 5.91 Å². The van der Waals surface area contributed by atoms with Crippen LogP contribution in [0.2, 0.25) is 0 Å². The number of amides is 1. The van der Waals surface area contributed by atoms with E-state index in [0.717, 1.165) is 29.7 Å². The van der Waals surface area contributed by atoms with Crippen molar-refractivity contribution in [3.8, 4) is 5.75 Å². The smallest absolute Gasteiger partial charge is 0.347 e. The Morgan fingerprint density at radius 3 is 2.00 bits per heavy atom. The highest BCUT2D eigenvalue weighted by molar-refractivity contribution is 6.05. The number of ether oxygens (including phenoxy) is 2. The molecular weight excluding hydrogens is 354 g/mol. The molecule has 1 atom stereocenters. The lowest BCUT2D eigenvalue weighted by Crippen LogP contribution is -2.28. The van der Waals surface area contributed by atoms with Gasteiger partial charge in [0.2, 0.25) is 0 Å². The van der Waals surface area contributed by atoms with Crippen LogP contribution in [0.1, 0.15) is 56.1 Å². The van der Waals surface area contributed by atoms with E-state index in [9.17, 15) is 9.59 Å². The summed E-state index contributed by atoms with van der Waals surface area (Å²) in [5.41, 5.74) is 3.65. The van der Waals surface area contributed by atoms with Crippen molar-refractivity contribution in [2.24, 2.45) is 0 Å². The Morgan fingerprint density at radius 1 is 0.929 bits per heavy atom. The van der Waals surface area contributed by atoms with E-state index in [1.165, 1.54) is 0 Å². The number of carbonyl (C=O) groups is 2. The van der Waals surface area contributed by atoms with Crippen molar-refractivity contribution < 1.29 is 19.1 Å². The first kappa shape index (κ1) is 21.5. The molecule has 0 radical (unpaired) electrons. The Bertz CT molecular complexity index is 790. The predicted octanol–water partition coefficient (Wildman–Crippen LogP) is 4.78. The van der Waals surface area contributed by atoms with Gasteiger partial charge in [0.15, 0.2) is 6.10 Å². The highest BCUT2D eigenvalue weighted by Gasteiger charge is 2.18. The molecule has 0 aromatic heterocycles. The second kappa shape index (κ2) is 9.93. The summed E-state index contributed by atoms with van der Waals surface area (Å²) in [7, 11) is 0. The van der Waals surface area contributed by atoms with Crippen LogP contribution in [-0.4, -0.2) is 24.1 Å². The van der Waals surface area contributed by atoms with Crippen LogP contribution in [-0.2, 0) is 22.4 Å². The SMILES string of the molecule is CCc1cccc(CC)c1NC(=O)c1ccc(O[C@H](C)C(=O)OC(C)C)cc1. The summed E-state index contributed by atoms with van der Waals surface area (Å²) in [5, 5.41) is 3.04. The van der Waals surface area contributed by atoms with E-state index in [4.69, 9.17) is 9.47 Å².